The summed E-state index contributed by atoms with van der Waals surface area (Å²) in [6.07, 6.45) is 4.00. The second-order valence-corrected chi connectivity index (χ2v) is 5.70. The maximum Gasteiger partial charge on any atom is 0.237 e. The molecule has 108 valence electrons. The Labute approximate surface area is 118 Å². The predicted octanol–water partition coefficient (Wildman–Crippen LogP) is 0.698. The van der Waals surface area contributed by atoms with E-state index in [1.807, 2.05) is 0 Å². The van der Waals surface area contributed by atoms with Crippen LogP contribution in [-0.4, -0.2) is 35.3 Å². The highest BCUT2D eigenvalue weighted by Gasteiger charge is 2.41. The number of hydrogen-bond acceptors (Lipinski definition) is 4. The Morgan fingerprint density at radius 3 is 2.75 bits per heavy atom. The van der Waals surface area contributed by atoms with Crippen LogP contribution >= 0.6 is 0 Å². The molecule has 4 atom stereocenters. The molecule has 2 saturated heterocycles. The van der Waals surface area contributed by atoms with Gasteiger partial charge in [0, 0.05) is 0 Å². The van der Waals surface area contributed by atoms with Gasteiger partial charge in [-0.25, -0.2) is 0 Å². The highest BCUT2D eigenvalue weighted by molar-refractivity contribution is 5.82. The largest absolute Gasteiger partial charge is 0.508 e. The Hall–Kier alpha value is -1.59. The van der Waals surface area contributed by atoms with Crippen molar-refractivity contribution in [3.8, 4) is 5.75 Å². The Kier molecular flexibility index (Phi) is 3.63. The fourth-order valence-corrected chi connectivity index (χ4v) is 3.06. The summed E-state index contributed by atoms with van der Waals surface area (Å²) in [4.78, 5) is 12.1. The second-order valence-electron chi connectivity index (χ2n) is 5.70. The standard InChI is InChI=1S/C15H20N2O3/c16-12(7-9-1-3-10(18)4-2-9)15(19)17-13-8-11-5-6-14(13)20-11/h1-4,11-14,18H,5-8,16H2,(H,17,19)/t11?,12-,13?,14?/m1/s1. The summed E-state index contributed by atoms with van der Waals surface area (Å²) in [7, 11) is 0. The minimum atomic E-state index is -0.571. The van der Waals surface area contributed by atoms with Crippen LogP contribution < -0.4 is 11.1 Å². The van der Waals surface area contributed by atoms with Crippen molar-refractivity contribution in [3.05, 3.63) is 29.8 Å². The fourth-order valence-electron chi connectivity index (χ4n) is 3.06. The first-order chi connectivity index (χ1) is 9.61. The van der Waals surface area contributed by atoms with Crippen molar-refractivity contribution in [1.29, 1.82) is 0 Å². The summed E-state index contributed by atoms with van der Waals surface area (Å²) in [6.45, 7) is 0. The van der Waals surface area contributed by atoms with Crippen LogP contribution in [0.2, 0.25) is 0 Å². The van der Waals surface area contributed by atoms with Crippen molar-refractivity contribution in [2.45, 2.75) is 50.0 Å². The van der Waals surface area contributed by atoms with E-state index in [4.69, 9.17) is 10.5 Å². The average Bonchev–Trinajstić information content (AvgIpc) is 3.03. The minimum Gasteiger partial charge on any atom is -0.508 e. The number of nitrogens with two attached hydrogens (primary N) is 1. The van der Waals surface area contributed by atoms with Gasteiger partial charge in [-0.15, -0.1) is 0 Å². The lowest BCUT2D eigenvalue weighted by Crippen LogP contribution is -2.49. The molecule has 2 aliphatic rings. The van der Waals surface area contributed by atoms with Gasteiger partial charge in [-0.3, -0.25) is 4.79 Å². The number of rotatable bonds is 4. The van der Waals surface area contributed by atoms with Gasteiger partial charge >= 0.3 is 0 Å². The summed E-state index contributed by atoms with van der Waals surface area (Å²) in [5.74, 6) is 0.0881. The van der Waals surface area contributed by atoms with Gasteiger partial charge in [-0.1, -0.05) is 12.1 Å². The molecule has 5 nitrogen and oxygen atoms in total. The molecule has 1 aromatic carbocycles. The molecule has 0 radical (unpaired) electrons. The van der Waals surface area contributed by atoms with Gasteiger partial charge in [-0.2, -0.15) is 0 Å². The van der Waals surface area contributed by atoms with Crippen LogP contribution in [0.1, 0.15) is 24.8 Å². The van der Waals surface area contributed by atoms with Crippen molar-refractivity contribution in [1.82, 2.24) is 5.32 Å². The molecule has 5 heteroatoms. The number of carbonyl (C=O) groups is 1. The molecule has 2 aliphatic heterocycles. The van der Waals surface area contributed by atoms with Crippen molar-refractivity contribution in [2.75, 3.05) is 0 Å². The lowest BCUT2D eigenvalue weighted by molar-refractivity contribution is -0.123. The lowest BCUT2D eigenvalue weighted by atomic mass is 9.95. The molecule has 2 heterocycles. The van der Waals surface area contributed by atoms with E-state index in [0.29, 0.717) is 12.5 Å². The molecular weight excluding hydrogens is 256 g/mol. The Bertz CT molecular complexity index is 488. The Morgan fingerprint density at radius 2 is 2.15 bits per heavy atom. The van der Waals surface area contributed by atoms with Gasteiger partial charge in [0.15, 0.2) is 0 Å². The van der Waals surface area contributed by atoms with E-state index >= 15 is 0 Å². The van der Waals surface area contributed by atoms with Crippen LogP contribution in [0.5, 0.6) is 5.75 Å². The van der Waals surface area contributed by atoms with Crippen LogP contribution in [-0.2, 0) is 16.0 Å². The smallest absolute Gasteiger partial charge is 0.237 e. The van der Waals surface area contributed by atoms with E-state index < -0.39 is 6.04 Å². The first-order valence-electron chi connectivity index (χ1n) is 7.11. The number of nitrogens with one attached hydrogen (secondary N) is 1. The highest BCUT2D eigenvalue weighted by atomic mass is 16.5. The Morgan fingerprint density at radius 1 is 1.40 bits per heavy atom. The summed E-state index contributed by atoms with van der Waals surface area (Å²) in [5.41, 5.74) is 6.89. The molecule has 4 N–H and O–H groups in total. The number of phenols is 1. The quantitative estimate of drug-likeness (QED) is 0.755. The number of aromatic hydroxyl groups is 1. The van der Waals surface area contributed by atoms with E-state index in [2.05, 4.69) is 5.32 Å². The summed E-state index contributed by atoms with van der Waals surface area (Å²) >= 11 is 0. The van der Waals surface area contributed by atoms with Crippen LogP contribution in [0.3, 0.4) is 0 Å². The monoisotopic (exact) mass is 276 g/mol. The normalized spacial score (nSPS) is 29.4. The number of hydrogen-bond donors (Lipinski definition) is 3. The Balaban J connectivity index is 1.53. The van der Waals surface area contributed by atoms with Crippen LogP contribution in [0.4, 0.5) is 0 Å². The van der Waals surface area contributed by atoms with Gasteiger partial charge in [0.05, 0.1) is 24.3 Å². The predicted molar refractivity (Wildman–Crippen MR) is 74.2 cm³/mol. The third-order valence-electron chi connectivity index (χ3n) is 4.16. The van der Waals surface area contributed by atoms with E-state index in [1.54, 1.807) is 24.3 Å². The van der Waals surface area contributed by atoms with Gasteiger partial charge < -0.3 is 20.9 Å². The zero-order valence-corrected chi connectivity index (χ0v) is 11.3. The first kappa shape index (κ1) is 13.4. The summed E-state index contributed by atoms with van der Waals surface area (Å²) < 4.78 is 5.71. The second kappa shape index (κ2) is 5.42. The molecular formula is C15H20N2O3. The average molecular weight is 276 g/mol. The van der Waals surface area contributed by atoms with Crippen molar-refractivity contribution < 1.29 is 14.6 Å². The molecule has 0 aromatic heterocycles. The van der Waals surface area contributed by atoms with Crippen molar-refractivity contribution in [2.24, 2.45) is 5.73 Å². The highest BCUT2D eigenvalue weighted by Crippen LogP contribution is 2.34. The van der Waals surface area contributed by atoms with E-state index in [-0.39, 0.29) is 23.8 Å². The van der Waals surface area contributed by atoms with Gasteiger partial charge in [0.25, 0.3) is 0 Å². The van der Waals surface area contributed by atoms with Crippen LogP contribution in [0.15, 0.2) is 24.3 Å². The maximum atomic E-state index is 12.1. The molecule has 2 bridgehead atoms. The zero-order valence-electron chi connectivity index (χ0n) is 11.3. The molecule has 20 heavy (non-hydrogen) atoms. The molecule has 1 aromatic rings. The van der Waals surface area contributed by atoms with Crippen molar-refractivity contribution in [3.63, 3.8) is 0 Å². The number of fused-ring (bicyclic) bond motifs is 2. The molecule has 0 saturated carbocycles. The van der Waals surface area contributed by atoms with Gasteiger partial charge in [-0.05, 0) is 43.4 Å². The van der Waals surface area contributed by atoms with Crippen LogP contribution in [0, 0.1) is 0 Å². The zero-order chi connectivity index (χ0) is 14.1. The lowest BCUT2D eigenvalue weighted by Gasteiger charge is -2.22. The topological polar surface area (TPSA) is 84.6 Å². The molecule has 0 spiro atoms. The number of ether oxygens (including phenoxy) is 1. The maximum absolute atomic E-state index is 12.1. The number of benzene rings is 1. The van der Waals surface area contributed by atoms with Gasteiger partial charge in [0.2, 0.25) is 5.91 Å². The van der Waals surface area contributed by atoms with E-state index in [9.17, 15) is 9.90 Å². The number of amides is 1. The third kappa shape index (κ3) is 2.78. The first-order valence-corrected chi connectivity index (χ1v) is 7.11. The summed E-state index contributed by atoms with van der Waals surface area (Å²) in [5, 5.41) is 12.2. The minimum absolute atomic E-state index is 0.118. The summed E-state index contributed by atoms with van der Waals surface area (Å²) in [6, 6.07) is 6.31. The molecule has 3 unspecified atom stereocenters. The molecule has 0 aliphatic carbocycles. The molecule has 2 fully saturated rings. The fraction of sp³-hybridized carbons (Fsp3) is 0.533. The van der Waals surface area contributed by atoms with Crippen molar-refractivity contribution >= 4 is 5.91 Å². The number of carbonyl (C=O) groups excluding carboxylic acids is 1. The van der Waals surface area contributed by atoms with E-state index in [0.717, 1.165) is 24.8 Å². The number of phenolic OH excluding ortho intramolecular Hbond substituents is 1. The SMILES string of the molecule is N[C@H](Cc1ccc(O)cc1)C(=O)NC1CC2CCC1O2. The molecule has 3 rings (SSSR count). The van der Waals surface area contributed by atoms with Crippen LogP contribution in [0.25, 0.3) is 0 Å². The van der Waals surface area contributed by atoms with Gasteiger partial charge in [0.1, 0.15) is 5.75 Å². The van der Waals surface area contributed by atoms with E-state index in [1.165, 1.54) is 0 Å². The third-order valence-corrected chi connectivity index (χ3v) is 4.16. The molecule has 1 amide bonds.